The zero-order chi connectivity index (χ0) is 20.2. The molecule has 0 N–H and O–H groups in total. The number of ether oxygens (including phenoxy) is 2. The van der Waals surface area contributed by atoms with Crippen molar-refractivity contribution in [3.05, 3.63) is 36.4 Å². The molecule has 0 spiro atoms. The van der Waals surface area contributed by atoms with E-state index in [2.05, 4.69) is 22.0 Å². The van der Waals surface area contributed by atoms with Gasteiger partial charge in [-0.3, -0.25) is 4.79 Å². The third kappa shape index (κ3) is 4.49. The Morgan fingerprint density at radius 1 is 1.14 bits per heavy atom. The molecule has 2 aromatic rings. The van der Waals surface area contributed by atoms with Crippen molar-refractivity contribution in [3.8, 4) is 11.5 Å². The van der Waals surface area contributed by atoms with Gasteiger partial charge in [0.15, 0.2) is 11.5 Å². The summed E-state index contributed by atoms with van der Waals surface area (Å²) < 4.78 is 13.6. The Balaban J connectivity index is 1.37. The van der Waals surface area contributed by atoms with Gasteiger partial charge in [0.1, 0.15) is 5.82 Å². The van der Waals surface area contributed by atoms with Crippen molar-refractivity contribution in [3.63, 3.8) is 0 Å². The molecule has 7 heteroatoms. The van der Waals surface area contributed by atoms with E-state index in [0.717, 1.165) is 48.9 Å². The first-order chi connectivity index (χ1) is 14.1. The van der Waals surface area contributed by atoms with Crippen molar-refractivity contribution in [2.45, 2.75) is 38.2 Å². The third-order valence-corrected chi connectivity index (χ3v) is 5.97. The number of carbonyl (C=O) groups is 1. The minimum atomic E-state index is 0.138. The molecule has 0 atom stereocenters. The molecule has 1 amide bonds. The maximum absolute atomic E-state index is 12.6. The van der Waals surface area contributed by atoms with E-state index in [1.807, 2.05) is 28.8 Å². The molecule has 1 saturated heterocycles. The monoisotopic (exact) mass is 398 g/mol. The predicted molar refractivity (Wildman–Crippen MR) is 112 cm³/mol. The van der Waals surface area contributed by atoms with Gasteiger partial charge in [-0.2, -0.15) is 0 Å². The van der Waals surface area contributed by atoms with Gasteiger partial charge < -0.3 is 23.8 Å². The summed E-state index contributed by atoms with van der Waals surface area (Å²) >= 11 is 0. The van der Waals surface area contributed by atoms with Gasteiger partial charge in [-0.15, -0.1) is 0 Å². The van der Waals surface area contributed by atoms with Crippen molar-refractivity contribution in [1.29, 1.82) is 0 Å². The van der Waals surface area contributed by atoms with E-state index in [4.69, 9.17) is 9.47 Å². The number of nitrogens with zero attached hydrogens (tertiary/aromatic N) is 4. The number of hydrogen-bond donors (Lipinski definition) is 0. The summed E-state index contributed by atoms with van der Waals surface area (Å²) in [4.78, 5) is 21.1. The SMILES string of the molecule is COc1ccc(N2CCN(C(=O)Cc3nccn3C)CC2)cc1OC1CCCC1. The normalized spacial score (nSPS) is 17.6. The zero-order valence-corrected chi connectivity index (χ0v) is 17.3. The number of imidazole rings is 1. The number of methoxy groups -OCH3 is 1. The van der Waals surface area contributed by atoms with Crippen LogP contribution in [0.2, 0.25) is 0 Å². The molecule has 29 heavy (non-hydrogen) atoms. The molecule has 1 aromatic heterocycles. The molecule has 156 valence electrons. The summed E-state index contributed by atoms with van der Waals surface area (Å²) in [6.07, 6.45) is 8.95. The van der Waals surface area contributed by atoms with Gasteiger partial charge in [0, 0.05) is 57.4 Å². The van der Waals surface area contributed by atoms with Crippen LogP contribution in [0.15, 0.2) is 30.6 Å². The number of benzene rings is 1. The van der Waals surface area contributed by atoms with Crippen molar-refractivity contribution >= 4 is 11.6 Å². The Kier molecular flexibility index (Phi) is 5.92. The molecule has 1 aliphatic heterocycles. The smallest absolute Gasteiger partial charge is 0.230 e. The quantitative estimate of drug-likeness (QED) is 0.749. The first-order valence-corrected chi connectivity index (χ1v) is 10.5. The standard InChI is InChI=1S/C22H30N4O3/c1-24-10-9-23-21(24)16-22(27)26-13-11-25(12-14-26)17-7-8-19(28-2)20(15-17)29-18-5-3-4-6-18/h7-10,15,18H,3-6,11-14,16H2,1-2H3. The number of anilines is 1. The maximum Gasteiger partial charge on any atom is 0.230 e. The second-order valence-corrected chi connectivity index (χ2v) is 7.86. The van der Waals surface area contributed by atoms with Crippen LogP contribution in [0, 0.1) is 0 Å². The summed E-state index contributed by atoms with van der Waals surface area (Å²) in [5.41, 5.74) is 1.12. The second-order valence-electron chi connectivity index (χ2n) is 7.86. The molecule has 1 aliphatic carbocycles. The van der Waals surface area contributed by atoms with E-state index in [9.17, 15) is 4.79 Å². The van der Waals surface area contributed by atoms with E-state index in [1.165, 1.54) is 12.8 Å². The van der Waals surface area contributed by atoms with Gasteiger partial charge in [0.05, 0.1) is 19.6 Å². The van der Waals surface area contributed by atoms with Gasteiger partial charge in [-0.1, -0.05) is 0 Å². The van der Waals surface area contributed by atoms with Crippen LogP contribution in [0.3, 0.4) is 0 Å². The number of amides is 1. The van der Waals surface area contributed by atoms with Crippen LogP contribution in [-0.2, 0) is 18.3 Å². The molecule has 7 nitrogen and oxygen atoms in total. The highest BCUT2D eigenvalue weighted by Gasteiger charge is 2.24. The summed E-state index contributed by atoms with van der Waals surface area (Å²) in [5, 5.41) is 0. The highest BCUT2D eigenvalue weighted by molar-refractivity contribution is 5.78. The highest BCUT2D eigenvalue weighted by atomic mass is 16.5. The number of aromatic nitrogens is 2. The second kappa shape index (κ2) is 8.76. The molecule has 0 bridgehead atoms. The topological polar surface area (TPSA) is 59.8 Å². The summed E-state index contributed by atoms with van der Waals surface area (Å²) in [7, 11) is 3.60. The van der Waals surface area contributed by atoms with Crippen LogP contribution in [-0.4, -0.2) is 59.8 Å². The average molecular weight is 399 g/mol. The molecule has 0 radical (unpaired) electrons. The maximum atomic E-state index is 12.6. The van der Waals surface area contributed by atoms with Crippen molar-refractivity contribution < 1.29 is 14.3 Å². The van der Waals surface area contributed by atoms with E-state index >= 15 is 0 Å². The molecule has 2 heterocycles. The Morgan fingerprint density at radius 3 is 2.55 bits per heavy atom. The van der Waals surface area contributed by atoms with E-state index in [-0.39, 0.29) is 5.91 Å². The fourth-order valence-electron chi connectivity index (χ4n) is 4.17. The lowest BCUT2D eigenvalue weighted by Crippen LogP contribution is -2.49. The Bertz CT molecular complexity index is 836. The van der Waals surface area contributed by atoms with Crippen molar-refractivity contribution in [1.82, 2.24) is 14.5 Å². The van der Waals surface area contributed by atoms with Crippen LogP contribution >= 0.6 is 0 Å². The van der Waals surface area contributed by atoms with Gasteiger partial charge in [-0.25, -0.2) is 4.98 Å². The summed E-state index contributed by atoms with van der Waals surface area (Å²) in [5.74, 6) is 2.55. The molecule has 2 aliphatic rings. The van der Waals surface area contributed by atoms with Crippen LogP contribution in [0.5, 0.6) is 11.5 Å². The number of rotatable bonds is 6. The van der Waals surface area contributed by atoms with Gasteiger partial charge >= 0.3 is 0 Å². The molecule has 1 saturated carbocycles. The largest absolute Gasteiger partial charge is 0.493 e. The number of aryl methyl sites for hydroxylation is 1. The molecule has 2 fully saturated rings. The minimum Gasteiger partial charge on any atom is -0.493 e. The predicted octanol–water partition coefficient (Wildman–Crippen LogP) is 2.64. The lowest BCUT2D eigenvalue weighted by atomic mass is 10.2. The van der Waals surface area contributed by atoms with Gasteiger partial charge in [-0.05, 0) is 37.8 Å². The lowest BCUT2D eigenvalue weighted by Gasteiger charge is -2.36. The average Bonchev–Trinajstić information content (AvgIpc) is 3.40. The minimum absolute atomic E-state index is 0.138. The first-order valence-electron chi connectivity index (χ1n) is 10.5. The molecule has 1 aromatic carbocycles. The molecule has 0 unspecified atom stereocenters. The number of piperazine rings is 1. The van der Waals surface area contributed by atoms with Crippen molar-refractivity contribution in [2.24, 2.45) is 7.05 Å². The lowest BCUT2D eigenvalue weighted by molar-refractivity contribution is -0.130. The fourth-order valence-corrected chi connectivity index (χ4v) is 4.17. The van der Waals surface area contributed by atoms with Crippen LogP contribution < -0.4 is 14.4 Å². The third-order valence-electron chi connectivity index (χ3n) is 5.97. The highest BCUT2D eigenvalue weighted by Crippen LogP contribution is 2.35. The van der Waals surface area contributed by atoms with E-state index < -0.39 is 0 Å². The summed E-state index contributed by atoms with van der Waals surface area (Å²) in [6, 6.07) is 6.15. The van der Waals surface area contributed by atoms with Gasteiger partial charge in [0.2, 0.25) is 5.91 Å². The fraction of sp³-hybridized carbons (Fsp3) is 0.545. The molecular formula is C22H30N4O3. The van der Waals surface area contributed by atoms with E-state index in [0.29, 0.717) is 25.6 Å². The van der Waals surface area contributed by atoms with Crippen LogP contribution in [0.1, 0.15) is 31.5 Å². The Hall–Kier alpha value is -2.70. The number of hydrogen-bond acceptors (Lipinski definition) is 5. The summed E-state index contributed by atoms with van der Waals surface area (Å²) in [6.45, 7) is 3.05. The van der Waals surface area contributed by atoms with Crippen LogP contribution in [0.25, 0.3) is 0 Å². The molecular weight excluding hydrogens is 368 g/mol. The zero-order valence-electron chi connectivity index (χ0n) is 17.3. The van der Waals surface area contributed by atoms with Gasteiger partial charge in [0.25, 0.3) is 0 Å². The Morgan fingerprint density at radius 2 is 1.90 bits per heavy atom. The Labute approximate surface area is 172 Å². The number of carbonyl (C=O) groups excluding carboxylic acids is 1. The van der Waals surface area contributed by atoms with Crippen LogP contribution in [0.4, 0.5) is 5.69 Å². The molecule has 4 rings (SSSR count). The van der Waals surface area contributed by atoms with E-state index in [1.54, 1.807) is 13.3 Å². The first kappa shape index (κ1) is 19.6. The van der Waals surface area contributed by atoms with Crippen molar-refractivity contribution in [2.75, 3.05) is 38.2 Å².